The molecule has 0 spiro atoms. The van der Waals surface area contributed by atoms with E-state index >= 15 is 0 Å². The molecule has 0 saturated carbocycles. The van der Waals surface area contributed by atoms with Gasteiger partial charge in [0.05, 0.1) is 12.1 Å². The van der Waals surface area contributed by atoms with Crippen LogP contribution in [-0.4, -0.2) is 39.8 Å². The molecule has 1 aromatic carbocycles. The van der Waals surface area contributed by atoms with E-state index in [0.717, 1.165) is 5.56 Å². The zero-order chi connectivity index (χ0) is 12.2. The normalized spacial score (nSPS) is 35.0. The number of benzene rings is 1. The number of hydrogen-bond acceptors (Lipinski definition) is 3. The molecule has 1 aromatic rings. The van der Waals surface area contributed by atoms with Crippen molar-refractivity contribution in [1.82, 2.24) is 4.90 Å². The highest BCUT2D eigenvalue weighted by Crippen LogP contribution is 2.48. The standard InChI is InChI=1S/C13H15NO3/c1-2-13-9-6-4-3-5-8(9)12(17)14(13)7-10(15)11(13)16/h3-6,10-11,15-16H,2,7H2,1H3. The first-order valence-corrected chi connectivity index (χ1v) is 5.90. The van der Waals surface area contributed by atoms with Crippen LogP contribution >= 0.6 is 0 Å². The smallest absolute Gasteiger partial charge is 0.255 e. The largest absolute Gasteiger partial charge is 0.388 e. The Kier molecular flexibility index (Phi) is 2.09. The van der Waals surface area contributed by atoms with Crippen molar-refractivity contribution in [3.05, 3.63) is 35.4 Å². The molecule has 4 heteroatoms. The van der Waals surface area contributed by atoms with Crippen molar-refractivity contribution in [2.45, 2.75) is 31.1 Å². The van der Waals surface area contributed by atoms with Crippen LogP contribution < -0.4 is 0 Å². The second-order valence-electron chi connectivity index (χ2n) is 4.75. The molecule has 4 nitrogen and oxygen atoms in total. The number of nitrogens with zero attached hydrogens (tertiary/aromatic N) is 1. The third-order valence-corrected chi connectivity index (χ3v) is 4.11. The van der Waals surface area contributed by atoms with Gasteiger partial charge in [-0.15, -0.1) is 0 Å². The summed E-state index contributed by atoms with van der Waals surface area (Å²) in [5, 5.41) is 20.0. The summed E-state index contributed by atoms with van der Waals surface area (Å²) in [6.07, 6.45) is -1.15. The lowest BCUT2D eigenvalue weighted by atomic mass is 9.83. The number of hydrogen-bond donors (Lipinski definition) is 2. The van der Waals surface area contributed by atoms with Gasteiger partial charge in [-0.2, -0.15) is 0 Å². The molecule has 1 saturated heterocycles. The second-order valence-corrected chi connectivity index (χ2v) is 4.75. The Morgan fingerprint density at radius 1 is 1.41 bits per heavy atom. The first kappa shape index (κ1) is 10.7. The third-order valence-electron chi connectivity index (χ3n) is 4.11. The summed E-state index contributed by atoms with van der Waals surface area (Å²) in [7, 11) is 0. The number of carbonyl (C=O) groups is 1. The van der Waals surface area contributed by atoms with E-state index in [1.165, 1.54) is 0 Å². The maximum Gasteiger partial charge on any atom is 0.255 e. The van der Waals surface area contributed by atoms with Gasteiger partial charge in [0.2, 0.25) is 0 Å². The van der Waals surface area contributed by atoms with E-state index in [1.807, 2.05) is 25.1 Å². The third kappa shape index (κ3) is 1.07. The van der Waals surface area contributed by atoms with Gasteiger partial charge in [-0.25, -0.2) is 0 Å². The highest BCUT2D eigenvalue weighted by atomic mass is 16.3. The number of amides is 1. The molecule has 2 N–H and O–H groups in total. The average Bonchev–Trinajstić information content (AvgIpc) is 2.75. The van der Waals surface area contributed by atoms with Gasteiger partial charge >= 0.3 is 0 Å². The van der Waals surface area contributed by atoms with E-state index in [9.17, 15) is 15.0 Å². The Balaban J connectivity index is 2.25. The molecule has 2 heterocycles. The van der Waals surface area contributed by atoms with Crippen molar-refractivity contribution in [1.29, 1.82) is 0 Å². The quantitative estimate of drug-likeness (QED) is 0.742. The molecule has 2 aliphatic heterocycles. The molecule has 90 valence electrons. The van der Waals surface area contributed by atoms with Crippen LogP contribution in [0.1, 0.15) is 29.3 Å². The SMILES string of the molecule is CCC12c3ccccc3C(=O)N1CC(O)C2O. The van der Waals surface area contributed by atoms with Crippen LogP contribution in [0.25, 0.3) is 0 Å². The Morgan fingerprint density at radius 3 is 2.82 bits per heavy atom. The molecule has 3 unspecified atom stereocenters. The lowest BCUT2D eigenvalue weighted by Gasteiger charge is -2.34. The maximum absolute atomic E-state index is 12.2. The summed E-state index contributed by atoms with van der Waals surface area (Å²) >= 11 is 0. The van der Waals surface area contributed by atoms with Crippen LogP contribution in [-0.2, 0) is 5.54 Å². The van der Waals surface area contributed by atoms with Crippen molar-refractivity contribution < 1.29 is 15.0 Å². The van der Waals surface area contributed by atoms with E-state index in [4.69, 9.17) is 0 Å². The molecule has 0 radical (unpaired) electrons. The Bertz CT molecular complexity index is 487. The number of aliphatic hydroxyl groups excluding tert-OH is 2. The predicted octanol–water partition coefficient (Wildman–Crippen LogP) is 0.483. The lowest BCUT2D eigenvalue weighted by molar-refractivity contribution is -0.00641. The summed E-state index contributed by atoms with van der Waals surface area (Å²) in [6, 6.07) is 7.35. The fourth-order valence-electron chi connectivity index (χ4n) is 3.28. The summed E-state index contributed by atoms with van der Waals surface area (Å²) in [5.74, 6) is -0.0851. The molecule has 17 heavy (non-hydrogen) atoms. The van der Waals surface area contributed by atoms with Gasteiger partial charge in [0.15, 0.2) is 0 Å². The van der Waals surface area contributed by atoms with Crippen molar-refractivity contribution in [2.24, 2.45) is 0 Å². The van der Waals surface area contributed by atoms with Crippen molar-refractivity contribution in [3.63, 3.8) is 0 Å². The molecule has 2 aliphatic rings. The first-order chi connectivity index (χ1) is 8.13. The average molecular weight is 233 g/mol. The number of rotatable bonds is 1. The van der Waals surface area contributed by atoms with E-state index < -0.39 is 17.7 Å². The summed E-state index contributed by atoms with van der Waals surface area (Å²) in [5.41, 5.74) is 0.768. The van der Waals surface area contributed by atoms with E-state index in [2.05, 4.69) is 0 Å². The van der Waals surface area contributed by atoms with Gasteiger partial charge in [0.25, 0.3) is 5.91 Å². The fraction of sp³-hybridized carbons (Fsp3) is 0.462. The minimum atomic E-state index is -0.903. The summed E-state index contributed by atoms with van der Waals surface area (Å²) < 4.78 is 0. The lowest BCUT2D eigenvalue weighted by Crippen LogP contribution is -2.45. The molecule has 0 bridgehead atoms. The molecule has 0 aliphatic carbocycles. The topological polar surface area (TPSA) is 60.8 Å². The zero-order valence-corrected chi connectivity index (χ0v) is 9.63. The van der Waals surface area contributed by atoms with Crippen LogP contribution in [0.5, 0.6) is 0 Å². The van der Waals surface area contributed by atoms with Crippen molar-refractivity contribution in [3.8, 4) is 0 Å². The summed E-state index contributed by atoms with van der Waals surface area (Å²) in [4.78, 5) is 13.9. The summed E-state index contributed by atoms with van der Waals surface area (Å²) in [6.45, 7) is 2.14. The van der Waals surface area contributed by atoms with Crippen molar-refractivity contribution >= 4 is 5.91 Å². The fourth-order valence-corrected chi connectivity index (χ4v) is 3.28. The minimum absolute atomic E-state index is 0.0851. The molecule has 0 aromatic heterocycles. The highest BCUT2D eigenvalue weighted by molar-refractivity contribution is 6.00. The maximum atomic E-state index is 12.2. The molecule has 1 fully saturated rings. The van der Waals surface area contributed by atoms with Crippen molar-refractivity contribution in [2.75, 3.05) is 6.54 Å². The molecular formula is C13H15NO3. The first-order valence-electron chi connectivity index (χ1n) is 5.90. The Morgan fingerprint density at radius 2 is 2.12 bits per heavy atom. The Labute approximate surface area is 99.5 Å². The van der Waals surface area contributed by atoms with Crippen LogP contribution in [0.15, 0.2) is 24.3 Å². The van der Waals surface area contributed by atoms with Gasteiger partial charge in [0, 0.05) is 5.56 Å². The molecular weight excluding hydrogens is 218 g/mol. The van der Waals surface area contributed by atoms with Crippen LogP contribution in [0.4, 0.5) is 0 Å². The molecule has 3 rings (SSSR count). The predicted molar refractivity (Wildman–Crippen MR) is 61.5 cm³/mol. The Hall–Kier alpha value is -1.39. The van der Waals surface area contributed by atoms with E-state index in [-0.39, 0.29) is 12.5 Å². The highest BCUT2D eigenvalue weighted by Gasteiger charge is 2.59. The van der Waals surface area contributed by atoms with Gasteiger partial charge in [0.1, 0.15) is 12.2 Å². The van der Waals surface area contributed by atoms with Gasteiger partial charge < -0.3 is 15.1 Å². The number of aliphatic hydroxyl groups is 2. The van der Waals surface area contributed by atoms with Crippen LogP contribution in [0.3, 0.4) is 0 Å². The number of fused-ring (bicyclic) bond motifs is 3. The van der Waals surface area contributed by atoms with Gasteiger partial charge in [-0.05, 0) is 18.1 Å². The zero-order valence-electron chi connectivity index (χ0n) is 9.63. The minimum Gasteiger partial charge on any atom is -0.388 e. The van der Waals surface area contributed by atoms with E-state index in [1.54, 1.807) is 11.0 Å². The second kappa shape index (κ2) is 3.31. The number of carbonyl (C=O) groups excluding carboxylic acids is 1. The van der Waals surface area contributed by atoms with Gasteiger partial charge in [-0.3, -0.25) is 4.79 Å². The van der Waals surface area contributed by atoms with E-state index in [0.29, 0.717) is 12.0 Å². The van der Waals surface area contributed by atoms with Gasteiger partial charge in [-0.1, -0.05) is 25.1 Å². The van der Waals surface area contributed by atoms with Crippen LogP contribution in [0, 0.1) is 0 Å². The monoisotopic (exact) mass is 233 g/mol. The molecule has 1 amide bonds. The van der Waals surface area contributed by atoms with Crippen LogP contribution in [0.2, 0.25) is 0 Å². The molecule has 3 atom stereocenters.